The van der Waals surface area contributed by atoms with Crippen molar-refractivity contribution in [1.82, 2.24) is 20.9 Å². The zero-order chi connectivity index (χ0) is 17.3. The maximum absolute atomic E-state index is 12.7. The number of thioether (sulfide) groups is 1. The number of nitrogens with one attached hydrogen (secondary N) is 3. The Kier molecular flexibility index (Phi) is 4.39. The number of amides is 5. The van der Waals surface area contributed by atoms with Crippen molar-refractivity contribution in [2.75, 3.05) is 31.2 Å². The van der Waals surface area contributed by atoms with Gasteiger partial charge in [-0.05, 0) is 19.1 Å². The smallest absolute Gasteiger partial charge is 0.337 e. The molecule has 1 unspecified atom stereocenters. The third kappa shape index (κ3) is 2.81. The minimum atomic E-state index is -0.858. The Morgan fingerprint density at radius 1 is 1.38 bits per heavy atom. The van der Waals surface area contributed by atoms with Crippen molar-refractivity contribution in [3.8, 4) is 0 Å². The predicted octanol–water partition coefficient (Wildman–Crippen LogP) is -0.456. The van der Waals surface area contributed by atoms with Crippen LogP contribution in [0.4, 0.5) is 9.59 Å². The van der Waals surface area contributed by atoms with Crippen LogP contribution in [0, 0.1) is 0 Å². The van der Waals surface area contributed by atoms with Crippen molar-refractivity contribution in [1.29, 1.82) is 0 Å². The summed E-state index contributed by atoms with van der Waals surface area (Å²) in [5.74, 6) is 0.433. The van der Waals surface area contributed by atoms with Gasteiger partial charge in [-0.25, -0.2) is 14.4 Å². The molecule has 1 spiro atoms. The highest BCUT2D eigenvalue weighted by atomic mass is 32.2. The second kappa shape index (κ2) is 6.34. The third-order valence-electron chi connectivity index (χ3n) is 4.16. The van der Waals surface area contributed by atoms with Crippen molar-refractivity contribution in [3.63, 3.8) is 0 Å². The summed E-state index contributed by atoms with van der Waals surface area (Å²) in [4.78, 5) is 49.5. The van der Waals surface area contributed by atoms with E-state index in [2.05, 4.69) is 16.0 Å². The topological polar surface area (TPSA) is 117 Å². The maximum Gasteiger partial charge on any atom is 0.337 e. The maximum atomic E-state index is 12.7. The van der Waals surface area contributed by atoms with Gasteiger partial charge in [0.05, 0.1) is 31.0 Å². The molecule has 0 aromatic heterocycles. The van der Waals surface area contributed by atoms with Crippen LogP contribution in [0.25, 0.3) is 0 Å². The summed E-state index contributed by atoms with van der Waals surface area (Å²) < 4.78 is 4.96. The second-order valence-corrected chi connectivity index (χ2v) is 6.80. The van der Waals surface area contributed by atoms with Gasteiger partial charge in [-0.2, -0.15) is 11.8 Å². The minimum absolute atomic E-state index is 0.00928. The summed E-state index contributed by atoms with van der Waals surface area (Å²) in [5, 5.41) is 7.73. The summed E-state index contributed by atoms with van der Waals surface area (Å²) in [6, 6.07) is -0.998. The lowest BCUT2D eigenvalue weighted by Crippen LogP contribution is -2.49. The number of carbonyl (C=O) groups is 4. The van der Waals surface area contributed by atoms with E-state index in [0.29, 0.717) is 12.2 Å². The van der Waals surface area contributed by atoms with E-state index in [-0.39, 0.29) is 36.9 Å². The molecule has 0 aliphatic carbocycles. The molecular formula is C14H18N4O5S. The van der Waals surface area contributed by atoms with Crippen LogP contribution in [0.3, 0.4) is 0 Å². The molecule has 24 heavy (non-hydrogen) atoms. The van der Waals surface area contributed by atoms with Crippen LogP contribution in [0.15, 0.2) is 11.3 Å². The fourth-order valence-corrected chi connectivity index (χ4v) is 4.22. The lowest BCUT2D eigenvalue weighted by atomic mass is 9.99. The predicted molar refractivity (Wildman–Crippen MR) is 85.1 cm³/mol. The Morgan fingerprint density at radius 2 is 2.17 bits per heavy atom. The SMILES string of the molecule is CCOC(=O)C1=C(CN2C(=O)NC3(CCSC3)C2=O)NC(=O)NC1. The molecule has 0 bridgehead atoms. The Labute approximate surface area is 142 Å². The molecule has 9 nitrogen and oxygen atoms in total. The van der Waals surface area contributed by atoms with Crippen molar-refractivity contribution < 1.29 is 23.9 Å². The molecule has 5 amide bonds. The van der Waals surface area contributed by atoms with Gasteiger partial charge in [-0.15, -0.1) is 0 Å². The number of imide groups is 1. The normalized spacial score (nSPS) is 26.5. The molecule has 0 aromatic carbocycles. The molecular weight excluding hydrogens is 336 g/mol. The van der Waals surface area contributed by atoms with Gasteiger partial charge in [-0.1, -0.05) is 0 Å². The summed E-state index contributed by atoms with van der Waals surface area (Å²) in [6.45, 7) is 1.68. The molecule has 10 heteroatoms. The third-order valence-corrected chi connectivity index (χ3v) is 5.35. The molecule has 0 radical (unpaired) electrons. The van der Waals surface area contributed by atoms with E-state index in [1.807, 2.05) is 0 Å². The van der Waals surface area contributed by atoms with Gasteiger partial charge in [0.1, 0.15) is 5.54 Å². The fourth-order valence-electron chi connectivity index (χ4n) is 2.89. The van der Waals surface area contributed by atoms with Crippen LogP contribution in [0.5, 0.6) is 0 Å². The van der Waals surface area contributed by atoms with Crippen LogP contribution < -0.4 is 16.0 Å². The molecule has 1 atom stereocenters. The van der Waals surface area contributed by atoms with Crippen molar-refractivity contribution in [3.05, 3.63) is 11.3 Å². The van der Waals surface area contributed by atoms with E-state index >= 15 is 0 Å². The first kappa shape index (κ1) is 16.6. The van der Waals surface area contributed by atoms with E-state index < -0.39 is 23.6 Å². The highest BCUT2D eigenvalue weighted by molar-refractivity contribution is 7.99. The van der Waals surface area contributed by atoms with Crippen LogP contribution in [-0.2, 0) is 14.3 Å². The van der Waals surface area contributed by atoms with Gasteiger partial charge in [0, 0.05) is 5.75 Å². The van der Waals surface area contributed by atoms with E-state index in [9.17, 15) is 19.2 Å². The van der Waals surface area contributed by atoms with Crippen LogP contribution in [-0.4, -0.2) is 65.6 Å². The molecule has 2 fully saturated rings. The lowest BCUT2D eigenvalue weighted by molar-refractivity contribution is -0.138. The highest BCUT2D eigenvalue weighted by Gasteiger charge is 2.53. The first-order valence-corrected chi connectivity index (χ1v) is 8.78. The van der Waals surface area contributed by atoms with Crippen LogP contribution in [0.2, 0.25) is 0 Å². The molecule has 3 N–H and O–H groups in total. The zero-order valence-electron chi connectivity index (χ0n) is 13.1. The van der Waals surface area contributed by atoms with E-state index in [4.69, 9.17) is 4.74 Å². The molecule has 3 aliphatic rings. The van der Waals surface area contributed by atoms with Crippen molar-refractivity contribution >= 4 is 35.7 Å². The highest BCUT2D eigenvalue weighted by Crippen LogP contribution is 2.33. The fraction of sp³-hybridized carbons (Fsp3) is 0.571. The lowest BCUT2D eigenvalue weighted by Gasteiger charge is -2.24. The van der Waals surface area contributed by atoms with Gasteiger partial charge in [-0.3, -0.25) is 9.69 Å². The van der Waals surface area contributed by atoms with Gasteiger partial charge < -0.3 is 20.7 Å². The second-order valence-electron chi connectivity index (χ2n) is 5.69. The first-order chi connectivity index (χ1) is 11.5. The standard InChI is InChI=1S/C14H18N4O5S/c1-2-23-10(19)8-5-15-12(21)16-9(8)6-18-11(20)14(17-13(18)22)3-4-24-7-14/h2-7H2,1H3,(H,17,22)(H2,15,16,21). The molecule has 3 aliphatic heterocycles. The van der Waals surface area contributed by atoms with Crippen LogP contribution in [0.1, 0.15) is 13.3 Å². The number of hydrogen-bond acceptors (Lipinski definition) is 6. The van der Waals surface area contributed by atoms with Crippen molar-refractivity contribution in [2.45, 2.75) is 18.9 Å². The van der Waals surface area contributed by atoms with E-state index in [1.54, 1.807) is 18.7 Å². The van der Waals surface area contributed by atoms with Crippen molar-refractivity contribution in [2.24, 2.45) is 0 Å². The Hall–Kier alpha value is -2.23. The molecule has 3 heterocycles. The molecule has 0 aromatic rings. The average Bonchev–Trinajstić information content (AvgIpc) is 3.09. The van der Waals surface area contributed by atoms with Gasteiger partial charge in [0.2, 0.25) is 0 Å². The largest absolute Gasteiger partial charge is 0.463 e. The Morgan fingerprint density at radius 3 is 2.83 bits per heavy atom. The summed E-state index contributed by atoms with van der Waals surface area (Å²) in [5.41, 5.74) is -0.439. The first-order valence-electron chi connectivity index (χ1n) is 7.62. The number of hydrogen-bond donors (Lipinski definition) is 3. The quantitative estimate of drug-likeness (QED) is 0.465. The van der Waals surface area contributed by atoms with Gasteiger partial charge >= 0.3 is 18.0 Å². The van der Waals surface area contributed by atoms with Gasteiger partial charge in [0.15, 0.2) is 0 Å². The summed E-state index contributed by atoms with van der Waals surface area (Å²) in [7, 11) is 0. The number of nitrogens with zero attached hydrogens (tertiary/aromatic N) is 1. The van der Waals surface area contributed by atoms with E-state index in [0.717, 1.165) is 10.7 Å². The monoisotopic (exact) mass is 354 g/mol. The number of esters is 1. The number of rotatable bonds is 4. The number of ether oxygens (including phenoxy) is 1. The molecule has 3 rings (SSSR count). The minimum Gasteiger partial charge on any atom is -0.463 e. The van der Waals surface area contributed by atoms with E-state index in [1.165, 1.54) is 0 Å². The Bertz CT molecular complexity index is 641. The summed E-state index contributed by atoms with van der Waals surface area (Å²) >= 11 is 1.61. The number of urea groups is 2. The average molecular weight is 354 g/mol. The molecule has 2 saturated heterocycles. The Balaban J connectivity index is 1.84. The zero-order valence-corrected chi connectivity index (χ0v) is 14.0. The summed E-state index contributed by atoms with van der Waals surface area (Å²) in [6.07, 6.45) is 0.580. The molecule has 130 valence electrons. The van der Waals surface area contributed by atoms with Crippen LogP contribution >= 0.6 is 11.8 Å². The molecule has 0 saturated carbocycles. The van der Waals surface area contributed by atoms with Gasteiger partial charge in [0.25, 0.3) is 5.91 Å². The number of carbonyl (C=O) groups excluding carboxylic acids is 4.